The Labute approximate surface area is 86.6 Å². The number of hydrogen-bond donors (Lipinski definition) is 1. The first-order valence-corrected chi connectivity index (χ1v) is 5.61. The van der Waals surface area contributed by atoms with Gasteiger partial charge in [0.25, 0.3) is 0 Å². The summed E-state index contributed by atoms with van der Waals surface area (Å²) in [6.45, 7) is 4.29. The first-order chi connectivity index (χ1) is 6.33. The van der Waals surface area contributed by atoms with Crippen LogP contribution in [0, 0.1) is 0 Å². The topological polar surface area (TPSA) is 29.9 Å². The van der Waals surface area contributed by atoms with Gasteiger partial charge in [-0.3, -0.25) is 0 Å². The van der Waals surface area contributed by atoms with Crippen LogP contribution in [0.4, 0.5) is 5.82 Å². The van der Waals surface area contributed by atoms with Gasteiger partial charge in [-0.1, -0.05) is 13.3 Å². The van der Waals surface area contributed by atoms with Gasteiger partial charge >= 0.3 is 0 Å². The van der Waals surface area contributed by atoms with E-state index in [-0.39, 0.29) is 0 Å². The molecule has 2 rings (SSSR count). The lowest BCUT2D eigenvalue weighted by molar-refractivity contribution is 0.560. The van der Waals surface area contributed by atoms with Gasteiger partial charge in [-0.2, -0.15) is 5.10 Å². The molecule has 13 heavy (non-hydrogen) atoms. The third-order valence-corrected chi connectivity index (χ3v) is 3.12. The normalized spacial score (nSPS) is 15.2. The molecule has 0 saturated heterocycles. The molecular weight excluding hydrogens is 230 g/mol. The van der Waals surface area contributed by atoms with Crippen LogP contribution in [0.5, 0.6) is 0 Å². The lowest BCUT2D eigenvalue weighted by Crippen LogP contribution is -2.17. The summed E-state index contributed by atoms with van der Waals surface area (Å²) in [7, 11) is 0. The summed E-state index contributed by atoms with van der Waals surface area (Å²) in [6, 6.07) is 0. The maximum atomic E-state index is 4.55. The highest BCUT2D eigenvalue weighted by Crippen LogP contribution is 2.29. The number of halogens is 1. The average Bonchev–Trinajstić information content (AvgIpc) is 2.46. The van der Waals surface area contributed by atoms with Crippen molar-refractivity contribution in [2.75, 3.05) is 11.9 Å². The number of anilines is 1. The molecule has 0 spiro atoms. The first-order valence-electron chi connectivity index (χ1n) is 4.82. The van der Waals surface area contributed by atoms with Crippen LogP contribution < -0.4 is 5.32 Å². The highest BCUT2D eigenvalue weighted by atomic mass is 79.9. The summed E-state index contributed by atoms with van der Waals surface area (Å²) in [4.78, 5) is 0. The molecule has 0 amide bonds. The van der Waals surface area contributed by atoms with E-state index in [1.807, 2.05) is 0 Å². The monoisotopic (exact) mass is 243 g/mol. The van der Waals surface area contributed by atoms with Crippen molar-refractivity contribution in [3.8, 4) is 0 Å². The molecule has 0 unspecified atom stereocenters. The summed E-state index contributed by atoms with van der Waals surface area (Å²) in [5.74, 6) is 1.16. The fraction of sp³-hybridized carbons (Fsp3) is 0.667. The van der Waals surface area contributed by atoms with E-state index < -0.39 is 0 Å². The Morgan fingerprint density at radius 2 is 2.46 bits per heavy atom. The van der Waals surface area contributed by atoms with Crippen molar-refractivity contribution in [3.63, 3.8) is 0 Å². The molecular formula is C9H14BrN3. The first kappa shape index (κ1) is 9.06. The van der Waals surface area contributed by atoms with Crippen LogP contribution in [-0.4, -0.2) is 16.3 Å². The Morgan fingerprint density at radius 3 is 3.15 bits per heavy atom. The highest BCUT2D eigenvalue weighted by molar-refractivity contribution is 9.10. The summed E-state index contributed by atoms with van der Waals surface area (Å²) < 4.78 is 3.23. The van der Waals surface area contributed by atoms with Gasteiger partial charge in [0.15, 0.2) is 0 Å². The molecule has 1 aromatic rings. The van der Waals surface area contributed by atoms with Crippen LogP contribution in [-0.2, 0) is 13.0 Å². The highest BCUT2D eigenvalue weighted by Gasteiger charge is 2.17. The zero-order valence-corrected chi connectivity index (χ0v) is 9.39. The molecule has 0 bridgehead atoms. The van der Waals surface area contributed by atoms with Crippen LogP contribution in [0.15, 0.2) is 4.47 Å². The molecule has 1 aliphatic heterocycles. The van der Waals surface area contributed by atoms with E-state index in [1.54, 1.807) is 0 Å². The predicted octanol–water partition coefficient (Wildman–Crippen LogP) is 2.41. The molecule has 0 atom stereocenters. The van der Waals surface area contributed by atoms with Crippen molar-refractivity contribution in [3.05, 3.63) is 10.2 Å². The van der Waals surface area contributed by atoms with Gasteiger partial charge in [-0.15, -0.1) is 0 Å². The maximum absolute atomic E-state index is 4.55. The van der Waals surface area contributed by atoms with Crippen LogP contribution in [0.25, 0.3) is 0 Å². The van der Waals surface area contributed by atoms with E-state index in [1.165, 1.54) is 12.1 Å². The van der Waals surface area contributed by atoms with Crippen molar-refractivity contribution < 1.29 is 0 Å². The standard InChI is InChI=1S/C9H14BrN3/c1-2-4-7-8(10)9-11-5-3-6-13(9)12-7/h11H,2-6H2,1H3. The molecule has 3 nitrogen and oxygen atoms in total. The van der Waals surface area contributed by atoms with E-state index in [2.05, 4.69) is 38.0 Å². The maximum Gasteiger partial charge on any atom is 0.138 e. The summed E-state index contributed by atoms with van der Waals surface area (Å²) in [5, 5.41) is 7.91. The summed E-state index contributed by atoms with van der Waals surface area (Å²) in [5.41, 5.74) is 1.19. The minimum absolute atomic E-state index is 1.05. The van der Waals surface area contributed by atoms with E-state index in [0.29, 0.717) is 0 Å². The van der Waals surface area contributed by atoms with Gasteiger partial charge in [-0.25, -0.2) is 4.68 Å². The lowest BCUT2D eigenvalue weighted by Gasteiger charge is -2.15. The lowest BCUT2D eigenvalue weighted by atomic mass is 10.2. The largest absolute Gasteiger partial charge is 0.369 e. The smallest absolute Gasteiger partial charge is 0.138 e. The quantitative estimate of drug-likeness (QED) is 0.865. The van der Waals surface area contributed by atoms with Gasteiger partial charge in [-0.05, 0) is 28.8 Å². The Bertz CT molecular complexity index is 306. The molecule has 0 radical (unpaired) electrons. The second-order valence-corrected chi connectivity index (χ2v) is 4.16. The van der Waals surface area contributed by atoms with Crippen molar-refractivity contribution >= 4 is 21.7 Å². The number of fused-ring (bicyclic) bond motifs is 1. The Morgan fingerprint density at radius 1 is 1.62 bits per heavy atom. The molecule has 72 valence electrons. The van der Waals surface area contributed by atoms with Gasteiger partial charge in [0.1, 0.15) is 5.82 Å². The molecule has 0 aliphatic carbocycles. The zero-order chi connectivity index (χ0) is 9.26. The molecule has 1 N–H and O–H groups in total. The van der Waals surface area contributed by atoms with Gasteiger partial charge in [0.2, 0.25) is 0 Å². The van der Waals surface area contributed by atoms with E-state index >= 15 is 0 Å². The number of rotatable bonds is 2. The molecule has 2 heterocycles. The third kappa shape index (κ3) is 1.59. The van der Waals surface area contributed by atoms with Crippen molar-refractivity contribution in [2.45, 2.75) is 32.7 Å². The molecule has 0 saturated carbocycles. The number of nitrogens with one attached hydrogen (secondary N) is 1. The second kappa shape index (κ2) is 3.70. The van der Waals surface area contributed by atoms with Crippen molar-refractivity contribution in [2.24, 2.45) is 0 Å². The van der Waals surface area contributed by atoms with Crippen molar-refractivity contribution in [1.82, 2.24) is 9.78 Å². The number of hydrogen-bond acceptors (Lipinski definition) is 2. The zero-order valence-electron chi connectivity index (χ0n) is 7.81. The van der Waals surface area contributed by atoms with E-state index in [4.69, 9.17) is 0 Å². The average molecular weight is 244 g/mol. The Balaban J connectivity index is 2.33. The summed E-state index contributed by atoms with van der Waals surface area (Å²) in [6.07, 6.45) is 3.38. The van der Waals surface area contributed by atoms with Crippen LogP contribution in [0.1, 0.15) is 25.5 Å². The van der Waals surface area contributed by atoms with E-state index in [0.717, 1.165) is 36.2 Å². The second-order valence-electron chi connectivity index (χ2n) is 3.36. The van der Waals surface area contributed by atoms with Crippen molar-refractivity contribution in [1.29, 1.82) is 0 Å². The SMILES string of the molecule is CCCc1nn2c(c1Br)NCCC2. The molecule has 0 fully saturated rings. The van der Waals surface area contributed by atoms with Crippen LogP contribution >= 0.6 is 15.9 Å². The fourth-order valence-electron chi connectivity index (χ4n) is 1.65. The molecule has 0 aromatic carbocycles. The number of nitrogens with zero attached hydrogens (tertiary/aromatic N) is 2. The van der Waals surface area contributed by atoms with E-state index in [9.17, 15) is 0 Å². The van der Waals surface area contributed by atoms with Crippen LogP contribution in [0.3, 0.4) is 0 Å². The third-order valence-electron chi connectivity index (χ3n) is 2.29. The Hall–Kier alpha value is -0.510. The summed E-state index contributed by atoms with van der Waals surface area (Å²) >= 11 is 3.59. The fourth-order valence-corrected chi connectivity index (χ4v) is 2.27. The minimum Gasteiger partial charge on any atom is -0.369 e. The number of aryl methyl sites for hydroxylation is 2. The molecule has 1 aromatic heterocycles. The van der Waals surface area contributed by atoms with Gasteiger partial charge < -0.3 is 5.32 Å². The minimum atomic E-state index is 1.05. The predicted molar refractivity (Wildman–Crippen MR) is 57.0 cm³/mol. The molecule has 4 heteroatoms. The van der Waals surface area contributed by atoms with Crippen LogP contribution in [0.2, 0.25) is 0 Å². The van der Waals surface area contributed by atoms with Gasteiger partial charge in [0.05, 0.1) is 10.2 Å². The Kier molecular flexibility index (Phi) is 2.58. The molecule has 1 aliphatic rings. The van der Waals surface area contributed by atoms with Gasteiger partial charge in [0, 0.05) is 13.1 Å². The number of aromatic nitrogens is 2.